The van der Waals surface area contributed by atoms with Crippen molar-refractivity contribution in [3.8, 4) is 0 Å². The molecule has 408 valence electrons. The molecule has 0 amide bonds. The maximum Gasteiger partial charge on any atom is 0.472 e. The maximum absolute atomic E-state index is 12.9. The molecule has 0 radical (unpaired) electrons. The van der Waals surface area contributed by atoms with E-state index in [1.165, 1.54) is 103 Å². The number of aliphatic hydroxyl groups excluding tert-OH is 1. The first-order chi connectivity index (χ1) is 34.2. The summed E-state index contributed by atoms with van der Waals surface area (Å²) >= 11 is 0. The molecule has 0 saturated heterocycles. The molecule has 0 aliphatic carbocycles. The normalized spacial score (nSPS) is 13.7. The summed E-state index contributed by atoms with van der Waals surface area (Å²) in [5.41, 5.74) is 0. The van der Waals surface area contributed by atoms with Crippen LogP contribution in [0.4, 0.5) is 0 Å². The molecule has 70 heavy (non-hydrogen) atoms. The summed E-state index contributed by atoms with van der Waals surface area (Å²) in [6.07, 6.45) is 55.0. The van der Waals surface area contributed by atoms with Crippen molar-refractivity contribution in [2.75, 3.05) is 26.4 Å². The number of allylic oxidation sites excluding steroid dienone is 8. The molecule has 11 nitrogen and oxygen atoms in total. The Labute approximate surface area is 428 Å². The minimum atomic E-state index is -4.74. The molecule has 0 aromatic heterocycles. The van der Waals surface area contributed by atoms with Crippen molar-refractivity contribution in [1.29, 1.82) is 0 Å². The third-order valence-electron chi connectivity index (χ3n) is 12.2. The van der Waals surface area contributed by atoms with Crippen LogP contribution in [-0.4, -0.2) is 66.5 Å². The van der Waals surface area contributed by atoms with Gasteiger partial charge >= 0.3 is 25.7 Å². The highest BCUT2D eigenvalue weighted by Crippen LogP contribution is 2.43. The molecular formula is C58H105O11P. The molecule has 0 aromatic rings. The van der Waals surface area contributed by atoms with Gasteiger partial charge in [-0.1, -0.05) is 217 Å². The van der Waals surface area contributed by atoms with Crippen LogP contribution in [0.25, 0.3) is 0 Å². The predicted molar refractivity (Wildman–Crippen MR) is 289 cm³/mol. The minimum absolute atomic E-state index is 0.152. The second kappa shape index (κ2) is 52.8. The Bertz CT molecular complexity index is 1360. The van der Waals surface area contributed by atoms with Crippen LogP contribution in [0.2, 0.25) is 0 Å². The third-order valence-corrected chi connectivity index (χ3v) is 13.2. The quantitative estimate of drug-likeness (QED) is 0.0197. The zero-order chi connectivity index (χ0) is 51.3. The van der Waals surface area contributed by atoms with E-state index < -0.39 is 57.8 Å². The number of phosphoric acid groups is 1. The number of aliphatic hydroxyl groups is 1. The average molecular weight is 1010 g/mol. The van der Waals surface area contributed by atoms with Gasteiger partial charge < -0.3 is 24.2 Å². The van der Waals surface area contributed by atoms with Gasteiger partial charge in [0.25, 0.3) is 0 Å². The molecule has 3 atom stereocenters. The van der Waals surface area contributed by atoms with E-state index in [-0.39, 0.29) is 25.9 Å². The predicted octanol–water partition coefficient (Wildman–Crippen LogP) is 16.6. The number of esters is 3. The molecule has 0 fully saturated rings. The van der Waals surface area contributed by atoms with E-state index in [1.54, 1.807) is 0 Å². The molecule has 12 heteroatoms. The van der Waals surface area contributed by atoms with Crippen LogP contribution >= 0.6 is 7.82 Å². The van der Waals surface area contributed by atoms with E-state index in [0.717, 1.165) is 103 Å². The first kappa shape index (κ1) is 67.4. The average Bonchev–Trinajstić information content (AvgIpc) is 3.35. The second-order valence-electron chi connectivity index (χ2n) is 19.1. The first-order valence-corrected chi connectivity index (χ1v) is 30.0. The molecule has 3 unspecified atom stereocenters. The lowest BCUT2D eigenvalue weighted by molar-refractivity contribution is -0.161. The van der Waals surface area contributed by atoms with Crippen LogP contribution in [0.15, 0.2) is 48.6 Å². The highest BCUT2D eigenvalue weighted by atomic mass is 31.2. The van der Waals surface area contributed by atoms with Gasteiger partial charge in [-0.05, 0) is 77.0 Å². The summed E-state index contributed by atoms with van der Waals surface area (Å²) in [6.45, 7) is 4.54. The molecule has 0 spiro atoms. The van der Waals surface area contributed by atoms with Crippen molar-refractivity contribution in [2.45, 2.75) is 277 Å². The van der Waals surface area contributed by atoms with E-state index in [4.69, 9.17) is 23.3 Å². The number of unbranched alkanes of at least 4 members (excludes halogenated alkanes) is 28. The van der Waals surface area contributed by atoms with Crippen LogP contribution in [-0.2, 0) is 42.2 Å². The van der Waals surface area contributed by atoms with E-state index >= 15 is 0 Å². The fourth-order valence-electron chi connectivity index (χ4n) is 7.84. The van der Waals surface area contributed by atoms with Crippen molar-refractivity contribution in [2.24, 2.45) is 0 Å². The number of hydrogen-bond acceptors (Lipinski definition) is 10. The number of rotatable bonds is 53. The van der Waals surface area contributed by atoms with Crippen LogP contribution in [0, 0.1) is 0 Å². The monoisotopic (exact) mass is 1010 g/mol. The highest BCUT2D eigenvalue weighted by molar-refractivity contribution is 7.47. The van der Waals surface area contributed by atoms with Crippen LogP contribution < -0.4 is 0 Å². The molecule has 0 saturated carbocycles. The van der Waals surface area contributed by atoms with Gasteiger partial charge in [-0.15, -0.1) is 0 Å². The molecule has 0 bridgehead atoms. The van der Waals surface area contributed by atoms with E-state index in [2.05, 4.69) is 69.4 Å². The Morgan fingerprint density at radius 3 is 1.14 bits per heavy atom. The van der Waals surface area contributed by atoms with Crippen molar-refractivity contribution < 1.29 is 52.2 Å². The van der Waals surface area contributed by atoms with Gasteiger partial charge in [0, 0.05) is 19.3 Å². The fraction of sp³-hybridized carbons (Fsp3) is 0.810. The molecule has 0 heterocycles. The molecule has 0 aliphatic rings. The van der Waals surface area contributed by atoms with Crippen molar-refractivity contribution in [3.63, 3.8) is 0 Å². The number of carbonyl (C=O) groups is 3. The van der Waals surface area contributed by atoms with Gasteiger partial charge in [0.1, 0.15) is 12.7 Å². The smallest absolute Gasteiger partial charge is 0.462 e. The zero-order valence-electron chi connectivity index (χ0n) is 45.0. The summed E-state index contributed by atoms with van der Waals surface area (Å²) in [6, 6.07) is 0. The van der Waals surface area contributed by atoms with Crippen LogP contribution in [0.3, 0.4) is 0 Å². The summed E-state index contributed by atoms with van der Waals surface area (Å²) in [5, 5.41) is 9.78. The topological polar surface area (TPSA) is 155 Å². The van der Waals surface area contributed by atoms with Crippen LogP contribution in [0.5, 0.6) is 0 Å². The Hall–Kier alpha value is -2.56. The number of carbonyl (C=O) groups excluding carboxylic acids is 3. The highest BCUT2D eigenvalue weighted by Gasteiger charge is 2.28. The lowest BCUT2D eigenvalue weighted by atomic mass is 10.1. The molecule has 2 N–H and O–H groups in total. The Morgan fingerprint density at radius 2 is 0.729 bits per heavy atom. The summed E-state index contributed by atoms with van der Waals surface area (Å²) in [4.78, 5) is 48.4. The Morgan fingerprint density at radius 1 is 0.400 bits per heavy atom. The molecular weight excluding hydrogens is 904 g/mol. The lowest BCUT2D eigenvalue weighted by Crippen LogP contribution is -2.30. The largest absolute Gasteiger partial charge is 0.472 e. The summed E-state index contributed by atoms with van der Waals surface area (Å²) in [5.74, 6) is -1.47. The zero-order valence-corrected chi connectivity index (χ0v) is 45.9. The lowest BCUT2D eigenvalue weighted by Gasteiger charge is -2.21. The Balaban J connectivity index is 4.69. The van der Waals surface area contributed by atoms with Gasteiger partial charge in [-0.3, -0.25) is 23.4 Å². The van der Waals surface area contributed by atoms with Gasteiger partial charge in [0.05, 0.1) is 19.8 Å². The SMILES string of the molecule is CCC/C=C\C/C=C\CCCCCCCC(=O)OC(COC(=O)CCCCCCCCCCC/C=C\C/C=C\CCCCC)COP(=O)(O)OCC(CO)OC(=O)CCCCCCCCCCCCC. The van der Waals surface area contributed by atoms with Gasteiger partial charge in [-0.2, -0.15) is 0 Å². The summed E-state index contributed by atoms with van der Waals surface area (Å²) in [7, 11) is -4.74. The fourth-order valence-corrected chi connectivity index (χ4v) is 8.62. The van der Waals surface area contributed by atoms with Crippen molar-refractivity contribution >= 4 is 25.7 Å². The summed E-state index contributed by atoms with van der Waals surface area (Å²) < 4.78 is 39.4. The second-order valence-corrected chi connectivity index (χ2v) is 20.6. The first-order valence-electron chi connectivity index (χ1n) is 28.5. The van der Waals surface area contributed by atoms with E-state index in [1.807, 2.05) is 0 Å². The van der Waals surface area contributed by atoms with Crippen molar-refractivity contribution in [3.05, 3.63) is 48.6 Å². The van der Waals surface area contributed by atoms with Gasteiger partial charge in [0.2, 0.25) is 0 Å². The van der Waals surface area contributed by atoms with Crippen LogP contribution in [0.1, 0.15) is 265 Å². The number of ether oxygens (including phenoxy) is 3. The maximum atomic E-state index is 12.9. The van der Waals surface area contributed by atoms with E-state index in [0.29, 0.717) is 19.3 Å². The Kier molecular flexibility index (Phi) is 50.8. The van der Waals surface area contributed by atoms with Gasteiger partial charge in [-0.25, -0.2) is 4.57 Å². The molecule has 0 aliphatic heterocycles. The van der Waals surface area contributed by atoms with E-state index in [9.17, 15) is 28.9 Å². The van der Waals surface area contributed by atoms with Gasteiger partial charge in [0.15, 0.2) is 6.10 Å². The molecule has 0 aromatic carbocycles. The number of hydrogen-bond donors (Lipinski definition) is 2. The number of phosphoric ester groups is 1. The minimum Gasteiger partial charge on any atom is -0.462 e. The standard InChI is InChI=1S/C58H105O11P/c1-4-7-10-13-16-19-22-24-25-26-27-28-29-31-33-35-38-41-44-47-56(60)65-51-55(69-58(62)49-46-43-40-37-34-30-23-20-17-14-11-8-5-2)53-67-70(63,64)66-52-54(50-59)68-57(61)48-45-42-39-36-32-21-18-15-12-9-6-3/h11,14,16,19-20,23-25,54-55,59H,4-10,12-13,15,17-18,21-22,26-53H2,1-3H3,(H,63,64)/b14-11-,19-16-,23-20-,25-24-. The third kappa shape index (κ3) is 50.4. The van der Waals surface area contributed by atoms with Crippen molar-refractivity contribution in [1.82, 2.24) is 0 Å². The molecule has 0 rings (SSSR count).